The zero-order chi connectivity index (χ0) is 37.0. The highest BCUT2D eigenvalue weighted by Crippen LogP contribution is 2.26. The summed E-state index contributed by atoms with van der Waals surface area (Å²) >= 11 is 0. The summed E-state index contributed by atoms with van der Waals surface area (Å²) in [6.45, 7) is 3.33. The fourth-order valence-electron chi connectivity index (χ4n) is 6.22. The van der Waals surface area contributed by atoms with Crippen molar-refractivity contribution in [2.24, 2.45) is 0 Å². The number of nitrogens with one attached hydrogen (secondary N) is 1. The zero-order valence-corrected chi connectivity index (χ0v) is 31.8. The number of aliphatic hydroxyl groups excluding tert-OH is 4. The number of amides is 1. The number of allylic oxidation sites excluding steroid dienone is 1. The van der Waals surface area contributed by atoms with Gasteiger partial charge in [0.05, 0.1) is 25.4 Å². The number of hydrogen-bond acceptors (Lipinski definition) is 10. The van der Waals surface area contributed by atoms with Crippen LogP contribution >= 0.6 is 0 Å². The Hall–Kier alpha value is -1.16. The molecule has 0 aromatic heterocycles. The van der Waals surface area contributed by atoms with Gasteiger partial charge in [0.15, 0.2) is 6.29 Å². The zero-order valence-electron chi connectivity index (χ0n) is 31.0. The molecule has 13 heteroatoms. The first kappa shape index (κ1) is 46.9. The molecule has 50 heavy (non-hydrogen) atoms. The van der Waals surface area contributed by atoms with E-state index in [0.717, 1.165) is 38.5 Å². The van der Waals surface area contributed by atoms with Gasteiger partial charge in [0.1, 0.15) is 24.4 Å². The SMILES string of the molecule is CCCCCCCCCCC/C=C/C(O)C(COC1OC(CO)C(O)C(OS(=O)(=O)O)C1O)NC(=O)CCCCCCCCCCCCCC. The molecule has 1 amide bonds. The van der Waals surface area contributed by atoms with Crippen LogP contribution in [0, 0.1) is 0 Å². The molecule has 1 saturated heterocycles. The van der Waals surface area contributed by atoms with Gasteiger partial charge in [-0.2, -0.15) is 8.42 Å². The Morgan fingerprint density at radius 2 is 1.26 bits per heavy atom. The molecule has 1 fully saturated rings. The van der Waals surface area contributed by atoms with Crippen molar-refractivity contribution in [1.82, 2.24) is 5.32 Å². The van der Waals surface area contributed by atoms with E-state index in [0.29, 0.717) is 6.42 Å². The van der Waals surface area contributed by atoms with Gasteiger partial charge in [0.2, 0.25) is 5.91 Å². The maximum absolute atomic E-state index is 12.9. The molecular formula is C37H71NO11S. The Labute approximate surface area is 302 Å². The number of ether oxygens (including phenoxy) is 2. The second kappa shape index (κ2) is 29.3. The highest BCUT2D eigenvalue weighted by atomic mass is 32.3. The van der Waals surface area contributed by atoms with Crippen molar-refractivity contribution < 1.29 is 51.8 Å². The van der Waals surface area contributed by atoms with Crippen LogP contribution in [0.25, 0.3) is 0 Å². The van der Waals surface area contributed by atoms with Gasteiger partial charge >= 0.3 is 10.4 Å². The van der Waals surface area contributed by atoms with Crippen molar-refractivity contribution in [2.75, 3.05) is 13.2 Å². The smallest absolute Gasteiger partial charge is 0.394 e. The standard InChI is InChI=1S/C37H71NO11S/c1-3-5-7-9-11-13-15-17-19-21-23-25-27-33(41)38-30(31(40)26-24-22-20-18-16-14-12-10-8-6-4-2)29-47-37-35(43)36(49-50(44,45)46)34(42)32(28-39)48-37/h24,26,30-32,34-37,39-40,42-43H,3-23,25,27-29H2,1-2H3,(H,38,41)(H,44,45,46)/b26-24+. The highest BCUT2D eigenvalue weighted by molar-refractivity contribution is 7.80. The second-order valence-electron chi connectivity index (χ2n) is 13.9. The Bertz CT molecular complexity index is 967. The predicted octanol–water partition coefficient (Wildman–Crippen LogP) is 6.04. The van der Waals surface area contributed by atoms with Crippen LogP contribution < -0.4 is 5.32 Å². The molecule has 1 heterocycles. The Morgan fingerprint density at radius 1 is 0.780 bits per heavy atom. The van der Waals surface area contributed by atoms with Crippen molar-refractivity contribution in [3.8, 4) is 0 Å². The summed E-state index contributed by atoms with van der Waals surface area (Å²) in [4.78, 5) is 12.9. The molecule has 6 N–H and O–H groups in total. The quantitative estimate of drug-likeness (QED) is 0.0268. The average Bonchev–Trinajstić information content (AvgIpc) is 3.08. The first-order valence-electron chi connectivity index (χ1n) is 19.6. The average molecular weight is 738 g/mol. The summed E-state index contributed by atoms with van der Waals surface area (Å²) in [6, 6.07) is -0.935. The summed E-state index contributed by atoms with van der Waals surface area (Å²) in [5.41, 5.74) is 0. The fourth-order valence-corrected chi connectivity index (χ4v) is 6.73. The molecule has 0 bridgehead atoms. The first-order valence-corrected chi connectivity index (χ1v) is 20.9. The molecule has 1 aliphatic heterocycles. The topological polar surface area (TPSA) is 192 Å². The van der Waals surface area contributed by atoms with Gasteiger partial charge in [-0.3, -0.25) is 9.35 Å². The third kappa shape index (κ3) is 22.7. The van der Waals surface area contributed by atoms with Crippen LogP contribution in [0.15, 0.2) is 12.2 Å². The van der Waals surface area contributed by atoms with E-state index >= 15 is 0 Å². The highest BCUT2D eigenvalue weighted by Gasteiger charge is 2.48. The van der Waals surface area contributed by atoms with Crippen molar-refractivity contribution in [3.63, 3.8) is 0 Å². The normalized spacial score (nSPS) is 22.6. The first-order chi connectivity index (χ1) is 24.0. The van der Waals surface area contributed by atoms with Gasteiger partial charge in [-0.15, -0.1) is 0 Å². The summed E-state index contributed by atoms with van der Waals surface area (Å²) in [5, 5.41) is 44.4. The van der Waals surface area contributed by atoms with E-state index in [4.69, 9.17) is 14.0 Å². The number of carbonyl (C=O) groups excluding carboxylic acids is 1. The lowest BCUT2D eigenvalue weighted by Gasteiger charge is -2.41. The van der Waals surface area contributed by atoms with Crippen LogP contribution in [0.5, 0.6) is 0 Å². The Balaban J connectivity index is 2.64. The van der Waals surface area contributed by atoms with Gasteiger partial charge in [-0.25, -0.2) is 4.18 Å². The van der Waals surface area contributed by atoms with Crippen molar-refractivity contribution in [3.05, 3.63) is 12.2 Å². The summed E-state index contributed by atoms with van der Waals surface area (Å²) in [5.74, 6) is -0.265. The number of carbonyl (C=O) groups is 1. The summed E-state index contributed by atoms with van der Waals surface area (Å²) in [7, 11) is -5.07. The predicted molar refractivity (Wildman–Crippen MR) is 195 cm³/mol. The van der Waals surface area contributed by atoms with E-state index in [9.17, 15) is 33.6 Å². The molecule has 0 spiro atoms. The van der Waals surface area contributed by atoms with Crippen LogP contribution in [0.2, 0.25) is 0 Å². The minimum Gasteiger partial charge on any atom is -0.394 e. The monoisotopic (exact) mass is 737 g/mol. The van der Waals surface area contributed by atoms with Crippen LogP contribution in [0.1, 0.15) is 162 Å². The molecule has 0 radical (unpaired) electrons. The molecule has 12 nitrogen and oxygen atoms in total. The lowest BCUT2D eigenvalue weighted by atomic mass is 9.99. The van der Waals surface area contributed by atoms with Gasteiger partial charge < -0.3 is 35.2 Å². The van der Waals surface area contributed by atoms with Gasteiger partial charge in [-0.1, -0.05) is 148 Å². The lowest BCUT2D eigenvalue weighted by molar-refractivity contribution is -0.298. The molecule has 0 saturated carbocycles. The van der Waals surface area contributed by atoms with Gasteiger partial charge in [0.25, 0.3) is 0 Å². The van der Waals surface area contributed by atoms with E-state index in [1.54, 1.807) is 6.08 Å². The van der Waals surface area contributed by atoms with E-state index < -0.39 is 59.9 Å². The summed E-state index contributed by atoms with van der Waals surface area (Å²) < 4.78 is 47.3. The molecule has 1 aliphatic rings. The largest absolute Gasteiger partial charge is 0.397 e. The van der Waals surface area contributed by atoms with E-state index in [2.05, 4.69) is 23.3 Å². The Kier molecular flexibility index (Phi) is 27.5. The van der Waals surface area contributed by atoms with Crippen molar-refractivity contribution in [1.29, 1.82) is 0 Å². The van der Waals surface area contributed by atoms with Crippen LogP contribution in [-0.4, -0.2) is 95.4 Å². The Morgan fingerprint density at radius 3 is 1.74 bits per heavy atom. The minimum atomic E-state index is -5.07. The third-order valence-corrected chi connectivity index (χ3v) is 9.78. The number of rotatable bonds is 32. The molecule has 7 unspecified atom stereocenters. The third-order valence-electron chi connectivity index (χ3n) is 9.32. The number of hydrogen-bond donors (Lipinski definition) is 6. The molecule has 296 valence electrons. The molecule has 0 aromatic carbocycles. The van der Waals surface area contributed by atoms with Crippen LogP contribution in [-0.2, 0) is 28.9 Å². The van der Waals surface area contributed by atoms with Gasteiger partial charge in [-0.05, 0) is 19.3 Å². The van der Waals surface area contributed by atoms with Crippen molar-refractivity contribution >= 4 is 16.3 Å². The molecule has 0 aromatic rings. The second-order valence-corrected chi connectivity index (χ2v) is 14.9. The van der Waals surface area contributed by atoms with E-state index in [1.165, 1.54) is 96.3 Å². The molecule has 1 rings (SSSR count). The van der Waals surface area contributed by atoms with Gasteiger partial charge in [0, 0.05) is 6.42 Å². The molecular weight excluding hydrogens is 666 g/mol. The summed E-state index contributed by atoms with van der Waals surface area (Å²) in [6.07, 6.45) is 19.8. The van der Waals surface area contributed by atoms with Crippen molar-refractivity contribution in [2.45, 2.75) is 204 Å². The lowest BCUT2D eigenvalue weighted by Crippen LogP contribution is -2.61. The maximum Gasteiger partial charge on any atom is 0.397 e. The van der Waals surface area contributed by atoms with Crippen LogP contribution in [0.3, 0.4) is 0 Å². The number of unbranched alkanes of at least 4 members (excludes halogenated alkanes) is 20. The fraction of sp³-hybridized carbons (Fsp3) is 0.919. The molecule has 0 aliphatic carbocycles. The maximum atomic E-state index is 12.9. The van der Waals surface area contributed by atoms with E-state index in [1.807, 2.05) is 6.08 Å². The number of aliphatic hydroxyl groups is 4. The minimum absolute atomic E-state index is 0.265. The van der Waals surface area contributed by atoms with Crippen LogP contribution in [0.4, 0.5) is 0 Å². The molecule has 7 atom stereocenters. The van der Waals surface area contributed by atoms with E-state index in [-0.39, 0.29) is 18.9 Å².